The first-order chi connectivity index (χ1) is 6.27. The zero-order valence-corrected chi connectivity index (χ0v) is 9.10. The van der Waals surface area contributed by atoms with Crippen molar-refractivity contribution >= 4 is 0 Å². The molecule has 1 rings (SSSR count). The molecule has 1 aliphatic carbocycles. The minimum atomic E-state index is 0.772. The van der Waals surface area contributed by atoms with Crippen LogP contribution in [-0.2, 0) is 0 Å². The highest BCUT2D eigenvalue weighted by atomic mass is 14.9. The predicted molar refractivity (Wildman–Crippen MR) is 58.9 cm³/mol. The lowest BCUT2D eigenvalue weighted by molar-refractivity contribution is 0.403. The monoisotopic (exact) mass is 181 g/mol. The number of rotatable bonds is 5. The van der Waals surface area contributed by atoms with E-state index in [9.17, 15) is 0 Å². The lowest BCUT2D eigenvalue weighted by atomic mass is 9.94. The summed E-state index contributed by atoms with van der Waals surface area (Å²) in [5.74, 6) is 0.868. The molecule has 1 saturated carbocycles. The first-order valence-electron chi connectivity index (χ1n) is 5.68. The molecule has 0 bridgehead atoms. The second-order valence-corrected chi connectivity index (χ2v) is 4.16. The van der Waals surface area contributed by atoms with Gasteiger partial charge in [-0.25, -0.2) is 0 Å². The number of allylic oxidation sites excluding steroid dienone is 1. The third-order valence-corrected chi connectivity index (χ3v) is 3.18. The van der Waals surface area contributed by atoms with E-state index in [1.165, 1.54) is 31.3 Å². The molecular formula is C12H23N. The summed E-state index contributed by atoms with van der Waals surface area (Å²) >= 11 is 0. The average molecular weight is 181 g/mol. The minimum Gasteiger partial charge on any atom is -0.314 e. The van der Waals surface area contributed by atoms with Crippen LogP contribution in [0.25, 0.3) is 0 Å². The van der Waals surface area contributed by atoms with Crippen molar-refractivity contribution in [2.45, 2.75) is 52.0 Å². The molecule has 0 radical (unpaired) electrons. The molecule has 0 heterocycles. The van der Waals surface area contributed by atoms with Crippen LogP contribution < -0.4 is 5.32 Å². The second kappa shape index (κ2) is 5.43. The van der Waals surface area contributed by atoms with Gasteiger partial charge in [-0.1, -0.05) is 32.4 Å². The first-order valence-corrected chi connectivity index (χ1v) is 5.68. The van der Waals surface area contributed by atoms with Gasteiger partial charge in [0, 0.05) is 6.04 Å². The highest BCUT2D eigenvalue weighted by Gasteiger charge is 2.26. The fourth-order valence-corrected chi connectivity index (χ4v) is 2.33. The zero-order chi connectivity index (χ0) is 9.68. The molecule has 13 heavy (non-hydrogen) atoms. The maximum absolute atomic E-state index is 4.10. The Morgan fingerprint density at radius 3 is 2.77 bits per heavy atom. The van der Waals surface area contributed by atoms with Gasteiger partial charge in [0.05, 0.1) is 0 Å². The van der Waals surface area contributed by atoms with Crippen LogP contribution >= 0.6 is 0 Å². The van der Waals surface area contributed by atoms with Gasteiger partial charge in [-0.15, -0.1) is 0 Å². The van der Waals surface area contributed by atoms with Crippen LogP contribution in [0.3, 0.4) is 0 Å². The summed E-state index contributed by atoms with van der Waals surface area (Å²) in [6.07, 6.45) is 6.56. The Labute approximate surface area is 82.6 Å². The van der Waals surface area contributed by atoms with Crippen molar-refractivity contribution in [3.05, 3.63) is 12.2 Å². The van der Waals surface area contributed by atoms with Crippen molar-refractivity contribution in [1.82, 2.24) is 5.32 Å². The largest absolute Gasteiger partial charge is 0.314 e. The SMILES string of the molecule is C=C(CC)CC1CCCC1NCC. The van der Waals surface area contributed by atoms with Crippen molar-refractivity contribution < 1.29 is 0 Å². The molecule has 0 saturated heterocycles. The van der Waals surface area contributed by atoms with Gasteiger partial charge in [0.1, 0.15) is 0 Å². The standard InChI is InChI=1S/C12H23N/c1-4-10(3)9-11-7-6-8-12(11)13-5-2/h11-13H,3-9H2,1-2H3. The van der Waals surface area contributed by atoms with Crippen LogP contribution in [0.5, 0.6) is 0 Å². The predicted octanol–water partition coefficient (Wildman–Crippen LogP) is 3.12. The molecule has 76 valence electrons. The van der Waals surface area contributed by atoms with Crippen LogP contribution in [-0.4, -0.2) is 12.6 Å². The lowest BCUT2D eigenvalue weighted by Gasteiger charge is -2.20. The van der Waals surface area contributed by atoms with Crippen molar-refractivity contribution in [2.75, 3.05) is 6.54 Å². The minimum absolute atomic E-state index is 0.772. The summed E-state index contributed by atoms with van der Waals surface area (Å²) in [6, 6.07) is 0.772. The number of hydrogen-bond donors (Lipinski definition) is 1. The van der Waals surface area contributed by atoms with Crippen LogP contribution in [0.15, 0.2) is 12.2 Å². The smallest absolute Gasteiger partial charge is 0.00982 e. The molecule has 0 aromatic carbocycles. The van der Waals surface area contributed by atoms with Gasteiger partial charge in [-0.05, 0) is 38.1 Å². The van der Waals surface area contributed by atoms with Gasteiger partial charge in [-0.2, -0.15) is 0 Å². The van der Waals surface area contributed by atoms with E-state index in [1.807, 2.05) is 0 Å². The highest BCUT2D eigenvalue weighted by Crippen LogP contribution is 2.30. The molecule has 2 atom stereocenters. The van der Waals surface area contributed by atoms with Gasteiger partial charge in [0.25, 0.3) is 0 Å². The number of hydrogen-bond acceptors (Lipinski definition) is 1. The summed E-state index contributed by atoms with van der Waals surface area (Å²) in [7, 11) is 0. The normalized spacial score (nSPS) is 27.8. The summed E-state index contributed by atoms with van der Waals surface area (Å²) < 4.78 is 0. The Hall–Kier alpha value is -0.300. The third-order valence-electron chi connectivity index (χ3n) is 3.18. The van der Waals surface area contributed by atoms with Crippen LogP contribution in [0.4, 0.5) is 0 Å². The van der Waals surface area contributed by atoms with Crippen molar-refractivity contribution in [3.8, 4) is 0 Å². The summed E-state index contributed by atoms with van der Waals surface area (Å²) in [4.78, 5) is 0. The molecule has 0 spiro atoms. The Balaban J connectivity index is 2.34. The van der Waals surface area contributed by atoms with E-state index in [0.29, 0.717) is 0 Å². The molecule has 1 aliphatic rings. The summed E-state index contributed by atoms with van der Waals surface area (Å²) in [6.45, 7) is 9.62. The molecule has 1 fully saturated rings. The third kappa shape index (κ3) is 3.15. The van der Waals surface area contributed by atoms with E-state index in [0.717, 1.165) is 24.9 Å². The van der Waals surface area contributed by atoms with Crippen LogP contribution in [0, 0.1) is 5.92 Å². The second-order valence-electron chi connectivity index (χ2n) is 4.16. The summed E-state index contributed by atoms with van der Waals surface area (Å²) in [5, 5.41) is 3.58. The Morgan fingerprint density at radius 1 is 1.38 bits per heavy atom. The van der Waals surface area contributed by atoms with E-state index in [2.05, 4.69) is 25.7 Å². The number of nitrogens with one attached hydrogen (secondary N) is 1. The molecule has 0 aromatic rings. The molecule has 0 aliphatic heterocycles. The van der Waals surface area contributed by atoms with Crippen molar-refractivity contribution in [2.24, 2.45) is 5.92 Å². The molecular weight excluding hydrogens is 158 g/mol. The Kier molecular flexibility index (Phi) is 4.51. The van der Waals surface area contributed by atoms with Gasteiger partial charge in [0.2, 0.25) is 0 Å². The van der Waals surface area contributed by atoms with E-state index < -0.39 is 0 Å². The maximum atomic E-state index is 4.10. The van der Waals surface area contributed by atoms with Gasteiger partial charge >= 0.3 is 0 Å². The molecule has 1 N–H and O–H groups in total. The van der Waals surface area contributed by atoms with Crippen LogP contribution in [0.1, 0.15) is 46.0 Å². The lowest BCUT2D eigenvalue weighted by Crippen LogP contribution is -2.32. The highest BCUT2D eigenvalue weighted by molar-refractivity contribution is 4.98. The zero-order valence-electron chi connectivity index (χ0n) is 9.10. The molecule has 0 aromatic heterocycles. The fourth-order valence-electron chi connectivity index (χ4n) is 2.33. The fraction of sp³-hybridized carbons (Fsp3) is 0.833. The van der Waals surface area contributed by atoms with Gasteiger partial charge < -0.3 is 5.32 Å². The van der Waals surface area contributed by atoms with E-state index in [4.69, 9.17) is 0 Å². The Morgan fingerprint density at radius 2 is 2.15 bits per heavy atom. The van der Waals surface area contributed by atoms with Gasteiger partial charge in [0.15, 0.2) is 0 Å². The quantitative estimate of drug-likeness (QED) is 0.643. The van der Waals surface area contributed by atoms with Crippen LogP contribution in [0.2, 0.25) is 0 Å². The average Bonchev–Trinajstić information content (AvgIpc) is 2.54. The molecule has 1 nitrogen and oxygen atoms in total. The molecule has 0 amide bonds. The van der Waals surface area contributed by atoms with Crippen molar-refractivity contribution in [1.29, 1.82) is 0 Å². The van der Waals surface area contributed by atoms with E-state index in [-0.39, 0.29) is 0 Å². The first kappa shape index (κ1) is 10.8. The maximum Gasteiger partial charge on any atom is 0.00982 e. The summed E-state index contributed by atoms with van der Waals surface area (Å²) in [5.41, 5.74) is 1.43. The van der Waals surface area contributed by atoms with Gasteiger partial charge in [-0.3, -0.25) is 0 Å². The topological polar surface area (TPSA) is 12.0 Å². The molecule has 1 heteroatoms. The van der Waals surface area contributed by atoms with E-state index >= 15 is 0 Å². The molecule has 2 unspecified atom stereocenters. The van der Waals surface area contributed by atoms with E-state index in [1.54, 1.807) is 0 Å². The van der Waals surface area contributed by atoms with Crippen molar-refractivity contribution in [3.63, 3.8) is 0 Å². The Bertz CT molecular complexity index is 163.